The number of nitrogens with zero attached hydrogens (tertiary/aromatic N) is 1. The minimum absolute atomic E-state index is 0.0582. The van der Waals surface area contributed by atoms with E-state index in [2.05, 4.69) is 17.4 Å². The van der Waals surface area contributed by atoms with Crippen LogP contribution < -0.4 is 5.32 Å². The van der Waals surface area contributed by atoms with E-state index in [0.29, 0.717) is 24.4 Å². The Morgan fingerprint density at radius 1 is 1.07 bits per heavy atom. The van der Waals surface area contributed by atoms with Crippen molar-refractivity contribution in [3.05, 3.63) is 93.7 Å². The van der Waals surface area contributed by atoms with Crippen LogP contribution in [0.15, 0.2) is 72.1 Å². The van der Waals surface area contributed by atoms with Gasteiger partial charge in [-0.25, -0.2) is 0 Å². The van der Waals surface area contributed by atoms with E-state index in [4.69, 9.17) is 0 Å². The molecule has 6 heteroatoms. The fourth-order valence-corrected chi connectivity index (χ4v) is 5.15. The molecule has 0 bridgehead atoms. The molecule has 4 rings (SSSR count). The lowest BCUT2D eigenvalue weighted by Gasteiger charge is -2.26. The Balaban J connectivity index is 1.46. The van der Waals surface area contributed by atoms with Gasteiger partial charge in [0.2, 0.25) is 5.91 Å². The van der Waals surface area contributed by atoms with E-state index in [1.807, 2.05) is 60.0 Å². The maximum atomic E-state index is 13.1. The fraction of sp³-hybridized carbons (Fsp3) is 0.217. The minimum Gasteiger partial charge on any atom is -0.349 e. The first kappa shape index (κ1) is 19.7. The third kappa shape index (κ3) is 4.71. The van der Waals surface area contributed by atoms with Gasteiger partial charge in [0, 0.05) is 28.5 Å². The minimum atomic E-state index is -0.497. The van der Waals surface area contributed by atoms with Crippen molar-refractivity contribution in [3.63, 3.8) is 0 Å². The molecule has 0 aliphatic carbocycles. The van der Waals surface area contributed by atoms with Crippen LogP contribution in [0.3, 0.4) is 0 Å². The van der Waals surface area contributed by atoms with Crippen molar-refractivity contribution in [2.75, 3.05) is 5.75 Å². The molecular weight excluding hydrogens is 400 g/mol. The number of fused-ring (bicyclic) bond motifs is 1. The second kappa shape index (κ2) is 9.29. The zero-order valence-electron chi connectivity index (χ0n) is 15.9. The fourth-order valence-electron chi connectivity index (χ4n) is 3.40. The number of nitrogens with one attached hydrogen (secondary N) is 1. The van der Waals surface area contributed by atoms with Crippen LogP contribution in [0.5, 0.6) is 0 Å². The molecule has 4 nitrogen and oxygen atoms in total. The zero-order valence-corrected chi connectivity index (χ0v) is 17.5. The maximum Gasteiger partial charge on any atom is 0.255 e. The van der Waals surface area contributed by atoms with Gasteiger partial charge < -0.3 is 10.2 Å². The van der Waals surface area contributed by atoms with E-state index in [0.717, 1.165) is 16.2 Å². The predicted octanol–water partition coefficient (Wildman–Crippen LogP) is 4.32. The lowest BCUT2D eigenvalue weighted by atomic mass is 10.1. The Morgan fingerprint density at radius 2 is 1.86 bits per heavy atom. The summed E-state index contributed by atoms with van der Waals surface area (Å²) in [5, 5.41) is 5.02. The molecule has 1 aliphatic rings. The Hall–Kier alpha value is -2.57. The van der Waals surface area contributed by atoms with E-state index in [1.54, 1.807) is 28.0 Å². The number of carbonyl (C=O) groups is 2. The summed E-state index contributed by atoms with van der Waals surface area (Å²) in [5.74, 6) is 1.22. The highest BCUT2D eigenvalue weighted by molar-refractivity contribution is 7.98. The number of benzene rings is 2. The van der Waals surface area contributed by atoms with Crippen LogP contribution in [-0.4, -0.2) is 28.5 Å². The van der Waals surface area contributed by atoms with E-state index < -0.39 is 6.04 Å². The van der Waals surface area contributed by atoms with Gasteiger partial charge in [-0.15, -0.1) is 11.3 Å². The summed E-state index contributed by atoms with van der Waals surface area (Å²) in [6.45, 7) is 0.976. The van der Waals surface area contributed by atoms with Crippen molar-refractivity contribution < 1.29 is 9.59 Å². The topological polar surface area (TPSA) is 49.4 Å². The van der Waals surface area contributed by atoms with Gasteiger partial charge in [0.15, 0.2) is 0 Å². The number of thiophene rings is 1. The third-order valence-electron chi connectivity index (χ3n) is 4.93. The van der Waals surface area contributed by atoms with Crippen LogP contribution in [0.1, 0.15) is 26.4 Å². The van der Waals surface area contributed by atoms with Gasteiger partial charge in [0.1, 0.15) is 6.04 Å². The van der Waals surface area contributed by atoms with Gasteiger partial charge in [0.25, 0.3) is 5.91 Å². The highest BCUT2D eigenvalue weighted by Gasteiger charge is 2.36. The molecule has 0 radical (unpaired) electrons. The monoisotopic (exact) mass is 422 g/mol. The number of hydrogen-bond donors (Lipinski definition) is 1. The lowest BCUT2D eigenvalue weighted by Crippen LogP contribution is -2.48. The number of thioether (sulfide) groups is 1. The molecule has 2 amide bonds. The van der Waals surface area contributed by atoms with Gasteiger partial charge in [-0.05, 0) is 28.6 Å². The van der Waals surface area contributed by atoms with Crippen molar-refractivity contribution in [2.24, 2.45) is 0 Å². The van der Waals surface area contributed by atoms with Crippen LogP contribution >= 0.6 is 23.1 Å². The van der Waals surface area contributed by atoms with Crippen LogP contribution in [-0.2, 0) is 23.6 Å². The van der Waals surface area contributed by atoms with Gasteiger partial charge in [-0.1, -0.05) is 54.6 Å². The Labute approximate surface area is 178 Å². The van der Waals surface area contributed by atoms with Crippen LogP contribution in [0.25, 0.3) is 0 Å². The summed E-state index contributed by atoms with van der Waals surface area (Å²) in [4.78, 5) is 28.8. The maximum absolute atomic E-state index is 13.1. The molecular formula is C23H22N2O2S2. The molecule has 0 fully saturated rings. The second-order valence-corrected chi connectivity index (χ2v) is 8.97. The number of rotatable bonds is 8. The van der Waals surface area contributed by atoms with E-state index in [1.165, 1.54) is 5.56 Å². The first-order valence-corrected chi connectivity index (χ1v) is 11.6. The lowest BCUT2D eigenvalue weighted by molar-refractivity contribution is -0.125. The number of carbonyl (C=O) groups excluding carboxylic acids is 2. The zero-order chi connectivity index (χ0) is 20.1. The Morgan fingerprint density at radius 3 is 2.62 bits per heavy atom. The van der Waals surface area contributed by atoms with E-state index >= 15 is 0 Å². The van der Waals surface area contributed by atoms with E-state index in [9.17, 15) is 9.59 Å². The highest BCUT2D eigenvalue weighted by Crippen LogP contribution is 2.26. The molecule has 0 saturated heterocycles. The second-order valence-electron chi connectivity index (χ2n) is 6.90. The van der Waals surface area contributed by atoms with Crippen LogP contribution in [0.4, 0.5) is 0 Å². The summed E-state index contributed by atoms with van der Waals surface area (Å²) in [7, 11) is 0. The standard InChI is InChI=1S/C23H22N2O2S2/c26-22(24-13-19-10-6-12-29-19)21(16-28-15-17-7-2-1-3-8-17)25-14-18-9-4-5-11-20(18)23(25)27/h1-12,21H,13-16H2,(H,24,26). The molecule has 1 aromatic heterocycles. The SMILES string of the molecule is O=C(NCc1cccs1)C(CSCc1ccccc1)N1Cc2ccccc2C1=O. The summed E-state index contributed by atoms with van der Waals surface area (Å²) >= 11 is 3.30. The molecule has 1 atom stereocenters. The normalized spacial score (nSPS) is 13.9. The summed E-state index contributed by atoms with van der Waals surface area (Å²) in [5.41, 5.74) is 2.91. The van der Waals surface area contributed by atoms with Crippen LogP contribution in [0.2, 0.25) is 0 Å². The predicted molar refractivity (Wildman–Crippen MR) is 119 cm³/mol. The molecule has 2 aromatic carbocycles. The molecule has 1 N–H and O–H groups in total. The third-order valence-corrected chi connectivity index (χ3v) is 6.90. The molecule has 0 spiro atoms. The van der Waals surface area contributed by atoms with Gasteiger partial charge >= 0.3 is 0 Å². The van der Waals surface area contributed by atoms with Gasteiger partial charge in [-0.3, -0.25) is 9.59 Å². The molecule has 1 unspecified atom stereocenters. The van der Waals surface area contributed by atoms with Crippen molar-refractivity contribution >= 4 is 34.9 Å². The van der Waals surface area contributed by atoms with Crippen molar-refractivity contribution in [1.82, 2.24) is 10.2 Å². The van der Waals surface area contributed by atoms with Crippen molar-refractivity contribution in [1.29, 1.82) is 0 Å². The number of amides is 2. The van der Waals surface area contributed by atoms with Crippen molar-refractivity contribution in [2.45, 2.75) is 24.9 Å². The quantitative estimate of drug-likeness (QED) is 0.588. The molecule has 3 aromatic rings. The average Bonchev–Trinajstić information content (AvgIpc) is 3.39. The molecule has 1 aliphatic heterocycles. The Kier molecular flexibility index (Phi) is 6.32. The summed E-state index contributed by atoms with van der Waals surface area (Å²) in [6, 6.07) is 21.3. The Bertz CT molecular complexity index is 974. The number of hydrogen-bond acceptors (Lipinski definition) is 4. The first-order chi connectivity index (χ1) is 14.2. The summed E-state index contributed by atoms with van der Waals surface area (Å²) < 4.78 is 0. The molecule has 2 heterocycles. The van der Waals surface area contributed by atoms with Gasteiger partial charge in [-0.2, -0.15) is 11.8 Å². The molecule has 29 heavy (non-hydrogen) atoms. The smallest absolute Gasteiger partial charge is 0.255 e. The van der Waals surface area contributed by atoms with Crippen LogP contribution in [0, 0.1) is 0 Å². The van der Waals surface area contributed by atoms with Crippen molar-refractivity contribution in [3.8, 4) is 0 Å². The first-order valence-electron chi connectivity index (χ1n) is 9.53. The average molecular weight is 423 g/mol. The summed E-state index contributed by atoms with van der Waals surface area (Å²) in [6.07, 6.45) is 0. The largest absolute Gasteiger partial charge is 0.349 e. The molecule has 0 saturated carbocycles. The van der Waals surface area contributed by atoms with E-state index in [-0.39, 0.29) is 11.8 Å². The highest BCUT2D eigenvalue weighted by atomic mass is 32.2. The molecule has 148 valence electrons. The van der Waals surface area contributed by atoms with Gasteiger partial charge in [0.05, 0.1) is 6.54 Å².